The lowest BCUT2D eigenvalue weighted by molar-refractivity contribution is 0.0993. The molecule has 0 fully saturated rings. The van der Waals surface area contributed by atoms with E-state index in [0.29, 0.717) is 11.3 Å². The quantitative estimate of drug-likeness (QED) is 0.555. The van der Waals surface area contributed by atoms with Crippen molar-refractivity contribution in [1.82, 2.24) is 0 Å². The van der Waals surface area contributed by atoms with Crippen molar-refractivity contribution >= 4 is 46.4 Å². The fourth-order valence-corrected chi connectivity index (χ4v) is 2.17. The van der Waals surface area contributed by atoms with Crippen molar-refractivity contribution in [3.05, 3.63) is 59.7 Å². The zero-order valence-corrected chi connectivity index (χ0v) is 13.7. The summed E-state index contributed by atoms with van der Waals surface area (Å²) in [4.78, 5) is 23.8. The van der Waals surface area contributed by atoms with Crippen LogP contribution in [0.4, 0.5) is 0 Å². The van der Waals surface area contributed by atoms with E-state index in [9.17, 15) is 9.59 Å². The van der Waals surface area contributed by atoms with Crippen LogP contribution in [-0.2, 0) is 0 Å². The second-order valence-corrected chi connectivity index (χ2v) is 6.76. The molecule has 0 heterocycles. The topological polar surface area (TPSA) is 43.4 Å². The second kappa shape index (κ2) is 6.69. The minimum Gasteiger partial charge on any atom is -0.456 e. The van der Waals surface area contributed by atoms with Gasteiger partial charge in [0.2, 0.25) is 5.78 Å². The molecule has 0 atom stereocenters. The van der Waals surface area contributed by atoms with E-state index in [0.717, 1.165) is 0 Å². The van der Waals surface area contributed by atoms with Gasteiger partial charge in [-0.05, 0) is 31.2 Å². The van der Waals surface area contributed by atoms with Crippen molar-refractivity contribution in [2.24, 2.45) is 0 Å². The van der Waals surface area contributed by atoms with Gasteiger partial charge >= 0.3 is 0 Å². The van der Waals surface area contributed by atoms with Gasteiger partial charge in [0, 0.05) is 0 Å². The lowest BCUT2D eigenvalue weighted by Crippen LogP contribution is -2.19. The molecule has 2 aromatic carbocycles. The van der Waals surface area contributed by atoms with Crippen LogP contribution < -0.4 is 4.74 Å². The van der Waals surface area contributed by atoms with Gasteiger partial charge in [-0.25, -0.2) is 0 Å². The molecule has 0 aliphatic carbocycles. The van der Waals surface area contributed by atoms with Crippen molar-refractivity contribution in [3.8, 4) is 11.5 Å². The number of hydrogen-bond acceptors (Lipinski definition) is 3. The van der Waals surface area contributed by atoms with Crippen molar-refractivity contribution in [3.63, 3.8) is 0 Å². The van der Waals surface area contributed by atoms with Gasteiger partial charge in [0.05, 0.1) is 11.1 Å². The molecule has 6 heteroatoms. The number of ketones is 2. The van der Waals surface area contributed by atoms with E-state index in [4.69, 9.17) is 39.5 Å². The molecule has 22 heavy (non-hydrogen) atoms. The van der Waals surface area contributed by atoms with E-state index < -0.39 is 9.58 Å². The Morgan fingerprint density at radius 2 is 1.32 bits per heavy atom. The van der Waals surface area contributed by atoms with Crippen LogP contribution >= 0.6 is 34.8 Å². The molecule has 3 nitrogen and oxygen atoms in total. The molecule has 2 aromatic rings. The van der Waals surface area contributed by atoms with Crippen LogP contribution in [0.15, 0.2) is 48.5 Å². The Bertz CT molecular complexity index is 721. The van der Waals surface area contributed by atoms with E-state index in [1.807, 2.05) is 0 Å². The van der Waals surface area contributed by atoms with Gasteiger partial charge in [-0.2, -0.15) is 0 Å². The highest BCUT2D eigenvalue weighted by atomic mass is 35.6. The first-order valence-electron chi connectivity index (χ1n) is 6.29. The van der Waals surface area contributed by atoms with Crippen LogP contribution in [0.25, 0.3) is 0 Å². The summed E-state index contributed by atoms with van der Waals surface area (Å²) in [6.45, 7) is 1.43. The SMILES string of the molecule is CC(=O)c1ccccc1Oc1ccccc1C(=O)C(Cl)(Cl)Cl. The van der Waals surface area contributed by atoms with E-state index in [1.165, 1.54) is 13.0 Å². The highest BCUT2D eigenvalue weighted by Gasteiger charge is 2.33. The van der Waals surface area contributed by atoms with Gasteiger partial charge in [0.25, 0.3) is 3.79 Å². The summed E-state index contributed by atoms with van der Waals surface area (Å²) < 4.78 is 3.62. The predicted octanol–water partition coefficient (Wildman–Crippen LogP) is 5.23. The number of para-hydroxylation sites is 2. The van der Waals surface area contributed by atoms with E-state index in [1.54, 1.807) is 42.5 Å². The molecule has 0 aliphatic heterocycles. The fraction of sp³-hybridized carbons (Fsp3) is 0.125. The minimum atomic E-state index is -2.08. The Hall–Kier alpha value is -1.55. The number of rotatable bonds is 4. The van der Waals surface area contributed by atoms with Gasteiger partial charge in [-0.15, -0.1) is 0 Å². The van der Waals surface area contributed by atoms with Crippen LogP contribution in [0.5, 0.6) is 11.5 Å². The Balaban J connectivity index is 2.44. The molecular formula is C16H11Cl3O3. The first-order chi connectivity index (χ1) is 10.3. The van der Waals surface area contributed by atoms with Crippen molar-refractivity contribution in [2.45, 2.75) is 10.7 Å². The first kappa shape index (κ1) is 16.8. The van der Waals surface area contributed by atoms with Crippen LogP contribution in [0.1, 0.15) is 27.6 Å². The van der Waals surface area contributed by atoms with Crippen molar-refractivity contribution < 1.29 is 14.3 Å². The average Bonchev–Trinajstić information content (AvgIpc) is 2.46. The molecule has 0 N–H and O–H groups in total. The minimum absolute atomic E-state index is 0.126. The zero-order chi connectivity index (χ0) is 16.3. The van der Waals surface area contributed by atoms with Crippen LogP contribution in [-0.4, -0.2) is 15.4 Å². The third-order valence-corrected chi connectivity index (χ3v) is 3.39. The Kier molecular flexibility index (Phi) is 5.12. The van der Waals surface area contributed by atoms with E-state index in [2.05, 4.69) is 0 Å². The number of ether oxygens (including phenoxy) is 1. The molecule has 0 aromatic heterocycles. The van der Waals surface area contributed by atoms with Gasteiger partial charge in [0.1, 0.15) is 11.5 Å². The number of halogens is 3. The molecule has 0 spiro atoms. The summed E-state index contributed by atoms with van der Waals surface area (Å²) in [5, 5.41) is 0. The van der Waals surface area contributed by atoms with Crippen LogP contribution in [0.2, 0.25) is 0 Å². The number of benzene rings is 2. The van der Waals surface area contributed by atoms with Gasteiger partial charge in [-0.3, -0.25) is 9.59 Å². The highest BCUT2D eigenvalue weighted by molar-refractivity contribution is 6.77. The van der Waals surface area contributed by atoms with Crippen molar-refractivity contribution in [2.75, 3.05) is 0 Å². The monoisotopic (exact) mass is 356 g/mol. The Morgan fingerprint density at radius 1 is 0.864 bits per heavy atom. The number of carbonyl (C=O) groups excluding carboxylic acids is 2. The van der Waals surface area contributed by atoms with Crippen LogP contribution in [0.3, 0.4) is 0 Å². The molecular weight excluding hydrogens is 347 g/mol. The molecule has 0 unspecified atom stereocenters. The molecule has 114 valence electrons. The zero-order valence-electron chi connectivity index (χ0n) is 11.5. The van der Waals surface area contributed by atoms with Gasteiger partial charge < -0.3 is 4.74 Å². The normalized spacial score (nSPS) is 11.1. The standard InChI is InChI=1S/C16H11Cl3O3/c1-10(20)11-6-2-4-8-13(11)22-14-9-5-3-7-12(14)15(21)16(17,18)19/h2-9H,1H3. The lowest BCUT2D eigenvalue weighted by Gasteiger charge is -2.15. The largest absolute Gasteiger partial charge is 0.456 e. The predicted molar refractivity (Wildman–Crippen MR) is 87.6 cm³/mol. The molecule has 0 saturated carbocycles. The maximum absolute atomic E-state index is 12.2. The van der Waals surface area contributed by atoms with Gasteiger partial charge in [-0.1, -0.05) is 59.1 Å². The molecule has 0 radical (unpaired) electrons. The Morgan fingerprint density at radius 3 is 1.82 bits per heavy atom. The summed E-state index contributed by atoms with van der Waals surface area (Å²) in [6, 6.07) is 13.1. The summed E-state index contributed by atoms with van der Waals surface area (Å²) in [5.74, 6) is -0.304. The van der Waals surface area contributed by atoms with Crippen LogP contribution in [0, 0.1) is 0 Å². The number of carbonyl (C=O) groups is 2. The molecule has 2 rings (SSSR count). The molecule has 0 aliphatic rings. The fourth-order valence-electron chi connectivity index (χ4n) is 1.86. The summed E-state index contributed by atoms with van der Waals surface area (Å²) in [7, 11) is 0. The average molecular weight is 358 g/mol. The highest BCUT2D eigenvalue weighted by Crippen LogP contribution is 2.35. The molecule has 0 amide bonds. The smallest absolute Gasteiger partial charge is 0.253 e. The molecule has 0 bridgehead atoms. The summed E-state index contributed by atoms with van der Waals surface area (Å²) in [6.07, 6.45) is 0. The Labute approximate surface area is 142 Å². The molecule has 0 saturated heterocycles. The van der Waals surface area contributed by atoms with Gasteiger partial charge in [0.15, 0.2) is 5.78 Å². The third kappa shape index (κ3) is 3.80. The number of Topliss-reactive ketones (excluding diaryl/α,β-unsaturated/α-hetero) is 2. The van der Waals surface area contributed by atoms with Crippen molar-refractivity contribution in [1.29, 1.82) is 0 Å². The maximum Gasteiger partial charge on any atom is 0.253 e. The summed E-state index contributed by atoms with van der Waals surface area (Å²) >= 11 is 16.9. The van der Waals surface area contributed by atoms with E-state index in [-0.39, 0.29) is 17.1 Å². The summed E-state index contributed by atoms with van der Waals surface area (Å²) in [5.41, 5.74) is 0.527. The lowest BCUT2D eigenvalue weighted by atomic mass is 10.1. The number of hydrogen-bond donors (Lipinski definition) is 0. The maximum atomic E-state index is 12.2. The van der Waals surface area contributed by atoms with E-state index >= 15 is 0 Å². The third-order valence-electron chi connectivity index (χ3n) is 2.88. The first-order valence-corrected chi connectivity index (χ1v) is 7.42. The second-order valence-electron chi connectivity index (χ2n) is 4.48. The number of alkyl halides is 3.